The first-order valence-electron chi connectivity index (χ1n) is 6.94. The second kappa shape index (κ2) is 7.16. The van der Waals surface area contributed by atoms with Crippen molar-refractivity contribution >= 4 is 5.82 Å². The average Bonchev–Trinajstić information content (AvgIpc) is 2.80. The van der Waals surface area contributed by atoms with E-state index in [1.807, 2.05) is 0 Å². The van der Waals surface area contributed by atoms with Crippen LogP contribution in [0.1, 0.15) is 11.8 Å². The molecule has 1 aromatic rings. The van der Waals surface area contributed by atoms with Crippen molar-refractivity contribution < 1.29 is 24.4 Å². The van der Waals surface area contributed by atoms with Crippen LogP contribution in [-0.2, 0) is 14.2 Å². The van der Waals surface area contributed by atoms with Crippen molar-refractivity contribution in [3.63, 3.8) is 0 Å². The summed E-state index contributed by atoms with van der Waals surface area (Å²) >= 11 is 0. The van der Waals surface area contributed by atoms with E-state index in [2.05, 4.69) is 4.98 Å². The number of nitrogen functional groups attached to an aromatic ring is 1. The van der Waals surface area contributed by atoms with Crippen molar-refractivity contribution in [2.24, 2.45) is 0 Å². The van der Waals surface area contributed by atoms with E-state index in [0.29, 0.717) is 12.2 Å². The number of anilines is 1. The lowest BCUT2D eigenvalue weighted by atomic mass is 10.1. The second-order valence-corrected chi connectivity index (χ2v) is 5.11. The summed E-state index contributed by atoms with van der Waals surface area (Å²) in [4.78, 5) is 3.93. The van der Waals surface area contributed by atoms with Crippen LogP contribution in [0.4, 0.5) is 5.82 Å². The lowest BCUT2D eigenvalue weighted by Crippen LogP contribution is -2.39. The van der Waals surface area contributed by atoms with Crippen molar-refractivity contribution in [3.8, 4) is 0 Å². The number of aromatic nitrogens is 2. The third kappa shape index (κ3) is 3.28. The Morgan fingerprint density at radius 2 is 2.23 bits per heavy atom. The predicted molar refractivity (Wildman–Crippen MR) is 75.8 cm³/mol. The molecule has 0 aliphatic carbocycles. The quantitative estimate of drug-likeness (QED) is 0.471. The monoisotopic (exact) mass is 314 g/mol. The highest BCUT2D eigenvalue weighted by Gasteiger charge is 2.45. The van der Waals surface area contributed by atoms with Gasteiger partial charge in [-0.1, -0.05) is 0 Å². The number of hydrogen-bond acceptors (Lipinski definition) is 8. The number of aryl methyl sites for hydroxylation is 1. The summed E-state index contributed by atoms with van der Waals surface area (Å²) in [6.07, 6.45) is -1.71. The molecule has 0 radical (unpaired) electrons. The normalized spacial score (nSPS) is 28.2. The van der Waals surface area contributed by atoms with Crippen LogP contribution in [0.2, 0.25) is 0 Å². The molecule has 0 amide bonds. The van der Waals surface area contributed by atoms with E-state index < -0.39 is 24.5 Å². The molecule has 1 aromatic heterocycles. The van der Waals surface area contributed by atoms with E-state index in [0.717, 1.165) is 0 Å². The van der Waals surface area contributed by atoms with Crippen LogP contribution in [-0.4, -0.2) is 65.0 Å². The van der Waals surface area contributed by atoms with E-state index >= 15 is 0 Å². The summed E-state index contributed by atoms with van der Waals surface area (Å²) in [5.41, 5.74) is 6.25. The summed E-state index contributed by atoms with van der Waals surface area (Å²) < 4.78 is 17.6. The number of aliphatic hydroxyl groups excluding tert-OH is 2. The average molecular weight is 314 g/mol. The fraction of sp³-hybridized carbons (Fsp3) is 0.692. The number of hydrogen-bond donors (Lipinski definition) is 4. The van der Waals surface area contributed by atoms with Crippen LogP contribution in [0.5, 0.6) is 0 Å². The Labute approximate surface area is 127 Å². The maximum atomic E-state index is 10.2. The van der Waals surface area contributed by atoms with Crippen LogP contribution in [0.3, 0.4) is 0 Å². The number of rotatable bonds is 6. The van der Waals surface area contributed by atoms with E-state index in [9.17, 15) is 10.2 Å². The molecule has 1 fully saturated rings. The molecule has 0 saturated carbocycles. The molecular weight excluding hydrogens is 292 g/mol. The molecule has 124 valence electrons. The summed E-state index contributed by atoms with van der Waals surface area (Å²) in [6, 6.07) is 0. The van der Waals surface area contributed by atoms with Gasteiger partial charge in [0.25, 0.3) is 0 Å². The van der Waals surface area contributed by atoms with Gasteiger partial charge in [-0.3, -0.25) is 9.98 Å². The zero-order chi connectivity index (χ0) is 16.3. The van der Waals surface area contributed by atoms with Gasteiger partial charge in [-0.05, 0) is 6.92 Å². The molecule has 1 saturated heterocycles. The number of nitrogens with one attached hydrogen (secondary N) is 1. The summed E-state index contributed by atoms with van der Waals surface area (Å²) in [6.45, 7) is 2.02. The van der Waals surface area contributed by atoms with Gasteiger partial charge >= 0.3 is 0 Å². The van der Waals surface area contributed by atoms with E-state index in [1.54, 1.807) is 20.2 Å². The minimum Gasteiger partial charge on any atom is -0.394 e. The smallest absolute Gasteiger partial charge is 0.226 e. The molecule has 5 N–H and O–H groups in total. The number of ether oxygens (including phenoxy) is 3. The minimum absolute atomic E-state index is 0.112. The molecule has 0 aromatic carbocycles. The molecule has 9 nitrogen and oxygen atoms in total. The first-order valence-corrected chi connectivity index (χ1v) is 6.94. The lowest BCUT2D eigenvalue weighted by Gasteiger charge is -2.23. The maximum absolute atomic E-state index is 10.2. The second-order valence-electron chi connectivity index (χ2n) is 5.11. The van der Waals surface area contributed by atoms with Gasteiger partial charge in [0.1, 0.15) is 24.1 Å². The molecule has 0 unspecified atom stereocenters. The molecule has 2 rings (SSSR count). The van der Waals surface area contributed by atoms with Crippen LogP contribution in [0.25, 0.3) is 0 Å². The number of methoxy groups -OCH3 is 1. The van der Waals surface area contributed by atoms with Crippen LogP contribution in [0.15, 0.2) is 6.20 Å². The van der Waals surface area contributed by atoms with E-state index in [-0.39, 0.29) is 24.6 Å². The number of nitrogens with zero attached hydrogens (tertiary/aromatic N) is 2. The topological polar surface area (TPSA) is 136 Å². The van der Waals surface area contributed by atoms with Crippen LogP contribution in [0, 0.1) is 12.3 Å². The van der Waals surface area contributed by atoms with Crippen LogP contribution >= 0.6 is 0 Å². The molecule has 0 bridgehead atoms. The minimum atomic E-state index is -1.02. The van der Waals surface area contributed by atoms with Gasteiger partial charge in [0.2, 0.25) is 5.62 Å². The SMILES string of the molecule is COCCO[C@@H]1[C@H](O)[C@@H](CO)O[C@H]1n1cc(C)c(N)nc1=N. The Hall–Kier alpha value is -1.52. The highest BCUT2D eigenvalue weighted by atomic mass is 16.6. The Morgan fingerprint density at radius 1 is 1.50 bits per heavy atom. The fourth-order valence-electron chi connectivity index (χ4n) is 2.33. The number of nitrogens with two attached hydrogens (primary N) is 1. The third-order valence-corrected chi connectivity index (χ3v) is 3.57. The molecule has 4 atom stereocenters. The molecule has 0 spiro atoms. The summed E-state index contributed by atoms with van der Waals surface area (Å²) in [5, 5.41) is 27.5. The maximum Gasteiger partial charge on any atom is 0.226 e. The third-order valence-electron chi connectivity index (χ3n) is 3.57. The molecule has 9 heteroatoms. The highest BCUT2D eigenvalue weighted by Crippen LogP contribution is 2.31. The number of aliphatic hydroxyl groups is 2. The highest BCUT2D eigenvalue weighted by molar-refractivity contribution is 5.35. The van der Waals surface area contributed by atoms with Crippen LogP contribution < -0.4 is 11.4 Å². The van der Waals surface area contributed by atoms with Crippen molar-refractivity contribution in [1.82, 2.24) is 9.55 Å². The first-order chi connectivity index (χ1) is 10.5. The van der Waals surface area contributed by atoms with Crippen molar-refractivity contribution in [3.05, 3.63) is 17.4 Å². The summed E-state index contributed by atoms with van der Waals surface area (Å²) in [7, 11) is 1.54. The molecule has 1 aliphatic heterocycles. The standard InChI is InChI=1S/C13H22N4O5/c1-7-5-17(13(15)16-11(7)14)12-10(21-4-3-20-2)9(19)8(6-18)22-12/h5,8-10,12,18-19H,3-4,6H2,1-2H3,(H3,14,15,16)/t8-,9-,10-,12-/m1/s1. The van der Waals surface area contributed by atoms with Crippen molar-refractivity contribution in [2.45, 2.75) is 31.5 Å². The first kappa shape index (κ1) is 16.8. The van der Waals surface area contributed by atoms with Gasteiger partial charge < -0.3 is 30.2 Å². The van der Waals surface area contributed by atoms with E-state index in [4.69, 9.17) is 25.4 Å². The Balaban J connectivity index is 2.29. The van der Waals surface area contributed by atoms with Gasteiger partial charge in [0.05, 0.1) is 19.8 Å². The zero-order valence-electron chi connectivity index (χ0n) is 12.6. The predicted octanol–water partition coefficient (Wildman–Crippen LogP) is -1.46. The molecule has 2 heterocycles. The largest absolute Gasteiger partial charge is 0.394 e. The Morgan fingerprint density at radius 3 is 2.86 bits per heavy atom. The van der Waals surface area contributed by atoms with Gasteiger partial charge in [-0.15, -0.1) is 0 Å². The van der Waals surface area contributed by atoms with E-state index in [1.165, 1.54) is 4.57 Å². The molecular formula is C13H22N4O5. The molecule has 22 heavy (non-hydrogen) atoms. The van der Waals surface area contributed by atoms with Gasteiger partial charge in [0.15, 0.2) is 6.23 Å². The Bertz CT molecular complexity index is 564. The zero-order valence-corrected chi connectivity index (χ0v) is 12.6. The van der Waals surface area contributed by atoms with Gasteiger partial charge in [-0.25, -0.2) is 0 Å². The van der Waals surface area contributed by atoms with Gasteiger partial charge in [-0.2, -0.15) is 4.98 Å². The lowest BCUT2D eigenvalue weighted by molar-refractivity contribution is -0.0824. The molecule has 1 aliphatic rings. The Kier molecular flexibility index (Phi) is 5.48. The van der Waals surface area contributed by atoms with Crippen molar-refractivity contribution in [1.29, 1.82) is 5.41 Å². The van der Waals surface area contributed by atoms with Gasteiger partial charge in [0, 0.05) is 18.9 Å². The fourth-order valence-corrected chi connectivity index (χ4v) is 2.33. The van der Waals surface area contributed by atoms with Crippen molar-refractivity contribution in [2.75, 3.05) is 32.7 Å². The summed E-state index contributed by atoms with van der Waals surface area (Å²) in [5.74, 6) is 0.260.